The second-order valence-electron chi connectivity index (χ2n) is 6.25. The molecule has 4 rings (SSSR count). The fraction of sp³-hybridized carbons (Fsp3) is 0.333. The van der Waals surface area contributed by atoms with E-state index in [1.807, 2.05) is 0 Å². The normalized spacial score (nSPS) is 14.3. The SMILES string of the molecule is O=S(=O)(NCCNc1ncnc2sc3c(c12)CCCC3)c1ccccc1. The molecule has 1 aliphatic carbocycles. The third-order valence-electron chi connectivity index (χ3n) is 4.51. The van der Waals surface area contributed by atoms with E-state index >= 15 is 0 Å². The molecule has 0 aliphatic heterocycles. The molecular weight excluding hydrogens is 368 g/mol. The van der Waals surface area contributed by atoms with Crippen LogP contribution >= 0.6 is 11.3 Å². The minimum atomic E-state index is -3.48. The fourth-order valence-corrected chi connectivity index (χ4v) is 5.56. The van der Waals surface area contributed by atoms with Crippen molar-refractivity contribution in [2.75, 3.05) is 18.4 Å². The highest BCUT2D eigenvalue weighted by molar-refractivity contribution is 7.89. The molecule has 8 heteroatoms. The lowest BCUT2D eigenvalue weighted by molar-refractivity contribution is 0.583. The Labute approximate surface area is 156 Å². The standard InChI is InChI=1S/C18H20N4O2S2/c23-26(24,13-6-2-1-3-7-13)22-11-10-19-17-16-14-8-4-5-9-15(14)25-18(16)21-12-20-17/h1-3,6-7,12,22H,4-5,8-11H2,(H,19,20,21). The number of anilines is 1. The topological polar surface area (TPSA) is 84.0 Å². The third kappa shape index (κ3) is 3.44. The first-order valence-electron chi connectivity index (χ1n) is 8.69. The molecule has 0 atom stereocenters. The van der Waals surface area contributed by atoms with Crippen LogP contribution in [0.2, 0.25) is 0 Å². The number of benzene rings is 1. The molecule has 2 aromatic heterocycles. The zero-order chi connectivity index (χ0) is 18.0. The first-order valence-corrected chi connectivity index (χ1v) is 11.0. The molecule has 0 unspecified atom stereocenters. The van der Waals surface area contributed by atoms with Gasteiger partial charge in [-0.2, -0.15) is 0 Å². The molecule has 1 aromatic carbocycles. The van der Waals surface area contributed by atoms with E-state index in [1.54, 1.807) is 48.0 Å². The fourth-order valence-electron chi connectivity index (χ4n) is 3.27. The van der Waals surface area contributed by atoms with Crippen molar-refractivity contribution in [3.05, 3.63) is 47.1 Å². The molecule has 136 valence electrons. The van der Waals surface area contributed by atoms with Gasteiger partial charge in [0, 0.05) is 18.0 Å². The van der Waals surface area contributed by atoms with Crippen molar-refractivity contribution in [2.45, 2.75) is 30.6 Å². The smallest absolute Gasteiger partial charge is 0.240 e. The van der Waals surface area contributed by atoms with Crippen LogP contribution in [0.4, 0.5) is 5.82 Å². The summed E-state index contributed by atoms with van der Waals surface area (Å²) in [5, 5.41) is 4.39. The predicted molar refractivity (Wildman–Crippen MR) is 104 cm³/mol. The van der Waals surface area contributed by atoms with E-state index in [0.29, 0.717) is 6.54 Å². The molecule has 0 amide bonds. The largest absolute Gasteiger partial charge is 0.368 e. The molecule has 3 aromatic rings. The number of fused-ring (bicyclic) bond motifs is 3. The van der Waals surface area contributed by atoms with Gasteiger partial charge in [0.1, 0.15) is 17.0 Å². The quantitative estimate of drug-likeness (QED) is 0.634. The van der Waals surface area contributed by atoms with Crippen molar-refractivity contribution in [1.29, 1.82) is 0 Å². The van der Waals surface area contributed by atoms with Crippen LogP contribution in [0.5, 0.6) is 0 Å². The van der Waals surface area contributed by atoms with Crippen LogP contribution in [0.3, 0.4) is 0 Å². The van der Waals surface area contributed by atoms with Gasteiger partial charge in [-0.1, -0.05) is 18.2 Å². The van der Waals surface area contributed by atoms with Gasteiger partial charge in [-0.3, -0.25) is 0 Å². The van der Waals surface area contributed by atoms with Crippen molar-refractivity contribution in [1.82, 2.24) is 14.7 Å². The summed E-state index contributed by atoms with van der Waals surface area (Å²) in [5.74, 6) is 0.799. The Morgan fingerprint density at radius 2 is 1.85 bits per heavy atom. The van der Waals surface area contributed by atoms with E-state index in [2.05, 4.69) is 20.0 Å². The van der Waals surface area contributed by atoms with E-state index in [1.165, 1.54) is 23.3 Å². The van der Waals surface area contributed by atoms with E-state index in [-0.39, 0.29) is 11.4 Å². The van der Waals surface area contributed by atoms with Gasteiger partial charge >= 0.3 is 0 Å². The first-order chi connectivity index (χ1) is 12.6. The second kappa shape index (κ2) is 7.30. The summed E-state index contributed by atoms with van der Waals surface area (Å²) in [4.78, 5) is 11.5. The molecule has 1 aliphatic rings. The molecule has 0 saturated carbocycles. The number of rotatable bonds is 6. The van der Waals surface area contributed by atoms with Gasteiger partial charge < -0.3 is 5.32 Å². The lowest BCUT2D eigenvalue weighted by Gasteiger charge is -2.12. The third-order valence-corrected chi connectivity index (χ3v) is 7.19. The molecule has 6 nitrogen and oxygen atoms in total. The van der Waals surface area contributed by atoms with Crippen molar-refractivity contribution in [3.63, 3.8) is 0 Å². The predicted octanol–water partition coefficient (Wildman–Crippen LogP) is 2.96. The molecule has 26 heavy (non-hydrogen) atoms. The van der Waals surface area contributed by atoms with E-state index in [4.69, 9.17) is 0 Å². The van der Waals surface area contributed by atoms with Crippen LogP contribution in [-0.4, -0.2) is 31.5 Å². The maximum atomic E-state index is 12.2. The Morgan fingerprint density at radius 3 is 2.69 bits per heavy atom. The molecular formula is C18H20N4O2S2. The van der Waals surface area contributed by atoms with Gasteiger partial charge in [-0.15, -0.1) is 11.3 Å². The Bertz CT molecular complexity index is 1020. The Morgan fingerprint density at radius 1 is 1.04 bits per heavy atom. The summed E-state index contributed by atoms with van der Waals surface area (Å²) >= 11 is 1.75. The summed E-state index contributed by atoms with van der Waals surface area (Å²) in [6.45, 7) is 0.748. The van der Waals surface area contributed by atoms with Gasteiger partial charge in [0.05, 0.1) is 10.3 Å². The molecule has 0 bridgehead atoms. The average molecular weight is 389 g/mol. The number of hydrogen-bond acceptors (Lipinski definition) is 6. The first kappa shape index (κ1) is 17.4. The molecule has 0 radical (unpaired) electrons. The van der Waals surface area contributed by atoms with Crippen molar-refractivity contribution < 1.29 is 8.42 Å². The Hall–Kier alpha value is -2.03. The summed E-state index contributed by atoms with van der Waals surface area (Å²) in [6, 6.07) is 8.39. The lowest BCUT2D eigenvalue weighted by Crippen LogP contribution is -2.29. The second-order valence-corrected chi connectivity index (χ2v) is 9.10. The summed E-state index contributed by atoms with van der Waals surface area (Å²) in [7, 11) is -3.48. The van der Waals surface area contributed by atoms with E-state index in [9.17, 15) is 8.42 Å². The zero-order valence-electron chi connectivity index (χ0n) is 14.2. The van der Waals surface area contributed by atoms with Gasteiger partial charge in [0.25, 0.3) is 0 Å². The highest BCUT2D eigenvalue weighted by Gasteiger charge is 2.19. The van der Waals surface area contributed by atoms with E-state index < -0.39 is 10.0 Å². The minimum Gasteiger partial charge on any atom is -0.368 e. The summed E-state index contributed by atoms with van der Waals surface area (Å²) in [6.07, 6.45) is 6.19. The number of hydrogen-bond donors (Lipinski definition) is 2. The van der Waals surface area contributed by atoms with Crippen LogP contribution in [-0.2, 0) is 22.9 Å². The van der Waals surface area contributed by atoms with Crippen LogP contribution in [0, 0.1) is 0 Å². The zero-order valence-corrected chi connectivity index (χ0v) is 15.9. The highest BCUT2D eigenvalue weighted by atomic mass is 32.2. The number of nitrogens with zero attached hydrogens (tertiary/aromatic N) is 2. The Balaban J connectivity index is 1.45. The van der Waals surface area contributed by atoms with Crippen LogP contribution in [0.1, 0.15) is 23.3 Å². The molecule has 2 N–H and O–H groups in total. The van der Waals surface area contributed by atoms with Crippen LogP contribution in [0.15, 0.2) is 41.6 Å². The van der Waals surface area contributed by atoms with Gasteiger partial charge in [-0.25, -0.2) is 23.1 Å². The molecule has 2 heterocycles. The van der Waals surface area contributed by atoms with Gasteiger partial charge in [-0.05, 0) is 43.4 Å². The average Bonchev–Trinajstić information content (AvgIpc) is 3.05. The lowest BCUT2D eigenvalue weighted by atomic mass is 9.97. The number of sulfonamides is 1. The maximum Gasteiger partial charge on any atom is 0.240 e. The summed E-state index contributed by atoms with van der Waals surface area (Å²) in [5.41, 5.74) is 1.37. The molecule has 0 saturated heterocycles. The van der Waals surface area contributed by atoms with Gasteiger partial charge in [0.2, 0.25) is 10.0 Å². The number of aryl methyl sites for hydroxylation is 2. The van der Waals surface area contributed by atoms with Crippen molar-refractivity contribution in [3.8, 4) is 0 Å². The monoisotopic (exact) mass is 388 g/mol. The minimum absolute atomic E-state index is 0.274. The number of nitrogens with one attached hydrogen (secondary N) is 2. The maximum absolute atomic E-state index is 12.2. The van der Waals surface area contributed by atoms with Crippen LogP contribution < -0.4 is 10.0 Å². The van der Waals surface area contributed by atoms with Crippen molar-refractivity contribution in [2.24, 2.45) is 0 Å². The van der Waals surface area contributed by atoms with E-state index in [0.717, 1.165) is 28.9 Å². The highest BCUT2D eigenvalue weighted by Crippen LogP contribution is 2.37. The van der Waals surface area contributed by atoms with Crippen LogP contribution in [0.25, 0.3) is 10.2 Å². The van der Waals surface area contributed by atoms with Crippen molar-refractivity contribution >= 4 is 37.4 Å². The Kier molecular flexibility index (Phi) is 4.88. The molecule has 0 spiro atoms. The van der Waals surface area contributed by atoms with Gasteiger partial charge in [0.15, 0.2) is 0 Å². The number of aromatic nitrogens is 2. The number of thiophene rings is 1. The summed E-state index contributed by atoms with van der Waals surface area (Å²) < 4.78 is 27.1. The molecule has 0 fully saturated rings.